The van der Waals surface area contributed by atoms with E-state index in [0.717, 1.165) is 15.6 Å². The van der Waals surface area contributed by atoms with Crippen molar-refractivity contribution in [1.82, 2.24) is 0 Å². The van der Waals surface area contributed by atoms with Gasteiger partial charge < -0.3 is 0 Å². The monoisotopic (exact) mass is 419 g/mol. The first kappa shape index (κ1) is 17.7. The van der Waals surface area contributed by atoms with Crippen LogP contribution in [0.1, 0.15) is 36.1 Å². The van der Waals surface area contributed by atoms with Crippen LogP contribution in [0.2, 0.25) is 0 Å². The number of hydrogen-bond donors (Lipinski definition) is 0. The SMILES string of the molecule is CC1(C)C(c2ccccc2)=C(c2ccc([N+](=O)[O-])cc2)c2ccc(Br)cc21. The number of nitro benzene ring substituents is 1. The first-order valence-electron chi connectivity index (χ1n) is 8.75. The molecule has 4 rings (SSSR count). The van der Waals surface area contributed by atoms with Gasteiger partial charge in [0.15, 0.2) is 0 Å². The van der Waals surface area contributed by atoms with E-state index in [-0.39, 0.29) is 16.0 Å². The van der Waals surface area contributed by atoms with Crippen LogP contribution in [-0.2, 0) is 5.41 Å². The molecule has 0 radical (unpaired) electrons. The number of fused-ring (bicyclic) bond motifs is 1. The predicted octanol–water partition coefficient (Wildman–Crippen LogP) is 6.61. The van der Waals surface area contributed by atoms with Gasteiger partial charge in [0.1, 0.15) is 0 Å². The largest absolute Gasteiger partial charge is 0.269 e. The lowest BCUT2D eigenvalue weighted by molar-refractivity contribution is -0.384. The topological polar surface area (TPSA) is 43.1 Å². The van der Waals surface area contributed by atoms with Gasteiger partial charge in [0.2, 0.25) is 0 Å². The fourth-order valence-electron chi connectivity index (χ4n) is 3.99. The highest BCUT2D eigenvalue weighted by atomic mass is 79.9. The summed E-state index contributed by atoms with van der Waals surface area (Å²) in [5.74, 6) is 0. The summed E-state index contributed by atoms with van der Waals surface area (Å²) in [6, 6.07) is 23.6. The Balaban J connectivity index is 2.02. The van der Waals surface area contributed by atoms with Crippen LogP contribution in [0.3, 0.4) is 0 Å². The highest BCUT2D eigenvalue weighted by Gasteiger charge is 2.39. The number of rotatable bonds is 3. The zero-order valence-corrected chi connectivity index (χ0v) is 16.7. The van der Waals surface area contributed by atoms with E-state index in [1.165, 1.54) is 22.3 Å². The number of hydrogen-bond acceptors (Lipinski definition) is 2. The van der Waals surface area contributed by atoms with Crippen molar-refractivity contribution >= 4 is 32.8 Å². The maximum atomic E-state index is 11.0. The van der Waals surface area contributed by atoms with E-state index in [1.807, 2.05) is 36.4 Å². The molecule has 0 aliphatic heterocycles. The van der Waals surface area contributed by atoms with Gasteiger partial charge in [0.05, 0.1) is 4.92 Å². The normalized spacial score (nSPS) is 14.9. The third-order valence-electron chi connectivity index (χ3n) is 5.23. The fourth-order valence-corrected chi connectivity index (χ4v) is 4.35. The molecule has 0 saturated heterocycles. The second-order valence-electron chi connectivity index (χ2n) is 7.23. The lowest BCUT2D eigenvalue weighted by Crippen LogP contribution is -2.16. The highest BCUT2D eigenvalue weighted by Crippen LogP contribution is 2.53. The molecule has 4 heteroatoms. The number of nitro groups is 1. The molecule has 0 N–H and O–H groups in total. The minimum atomic E-state index is -0.361. The van der Waals surface area contributed by atoms with Crippen molar-refractivity contribution < 1.29 is 4.92 Å². The zero-order valence-electron chi connectivity index (χ0n) is 15.1. The van der Waals surface area contributed by atoms with Crippen LogP contribution in [0.25, 0.3) is 11.1 Å². The van der Waals surface area contributed by atoms with E-state index in [4.69, 9.17) is 0 Å². The molecule has 0 aromatic heterocycles. The Kier molecular flexibility index (Phi) is 4.23. The molecule has 0 fully saturated rings. The van der Waals surface area contributed by atoms with Gasteiger partial charge in [0.25, 0.3) is 5.69 Å². The summed E-state index contributed by atoms with van der Waals surface area (Å²) in [7, 11) is 0. The molecule has 0 bridgehead atoms. The van der Waals surface area contributed by atoms with Crippen molar-refractivity contribution in [3.8, 4) is 0 Å². The summed E-state index contributed by atoms with van der Waals surface area (Å²) in [5, 5.41) is 11.0. The Hall–Kier alpha value is -2.72. The molecule has 0 atom stereocenters. The summed E-state index contributed by atoms with van der Waals surface area (Å²) < 4.78 is 1.05. The predicted molar refractivity (Wildman–Crippen MR) is 113 cm³/mol. The standard InChI is InChI=1S/C23H18BrNO2/c1-23(2)20-14-17(24)10-13-19(20)21(22(23)16-6-4-3-5-7-16)15-8-11-18(12-9-15)25(26)27/h3-14H,1-2H3. The van der Waals surface area contributed by atoms with Gasteiger partial charge in [0, 0.05) is 22.0 Å². The molecule has 3 aromatic carbocycles. The van der Waals surface area contributed by atoms with Crippen molar-refractivity contribution in [2.24, 2.45) is 0 Å². The minimum absolute atomic E-state index is 0.105. The van der Waals surface area contributed by atoms with Crippen molar-refractivity contribution in [2.45, 2.75) is 19.3 Å². The molecule has 0 unspecified atom stereocenters. The summed E-state index contributed by atoms with van der Waals surface area (Å²) >= 11 is 3.60. The number of benzene rings is 3. The molecule has 0 spiro atoms. The van der Waals surface area contributed by atoms with Gasteiger partial charge >= 0.3 is 0 Å². The first-order chi connectivity index (χ1) is 12.9. The van der Waals surface area contributed by atoms with E-state index in [2.05, 4.69) is 54.0 Å². The quantitative estimate of drug-likeness (QED) is 0.354. The molecule has 3 aromatic rings. The molecule has 0 saturated carbocycles. The number of non-ortho nitro benzene ring substituents is 1. The molecule has 134 valence electrons. The van der Waals surface area contributed by atoms with Gasteiger partial charge in [-0.2, -0.15) is 0 Å². The van der Waals surface area contributed by atoms with E-state index >= 15 is 0 Å². The number of allylic oxidation sites excluding steroid dienone is 1. The average molecular weight is 420 g/mol. The summed E-state index contributed by atoms with van der Waals surface area (Å²) in [4.78, 5) is 10.7. The molecule has 27 heavy (non-hydrogen) atoms. The lowest BCUT2D eigenvalue weighted by atomic mass is 9.78. The summed E-state index contributed by atoms with van der Waals surface area (Å²) in [6.45, 7) is 4.47. The van der Waals surface area contributed by atoms with Gasteiger partial charge in [-0.1, -0.05) is 66.2 Å². The second-order valence-corrected chi connectivity index (χ2v) is 8.15. The van der Waals surface area contributed by atoms with Crippen molar-refractivity contribution in [1.29, 1.82) is 0 Å². The summed E-state index contributed by atoms with van der Waals surface area (Å²) in [5.41, 5.74) is 6.90. The Morgan fingerprint density at radius 2 is 1.56 bits per heavy atom. The van der Waals surface area contributed by atoms with Crippen LogP contribution >= 0.6 is 15.9 Å². The smallest absolute Gasteiger partial charge is 0.258 e. The second kappa shape index (κ2) is 6.46. The van der Waals surface area contributed by atoms with Crippen LogP contribution in [0.5, 0.6) is 0 Å². The van der Waals surface area contributed by atoms with Crippen molar-refractivity contribution in [3.63, 3.8) is 0 Å². The fraction of sp³-hybridized carbons (Fsp3) is 0.130. The molecule has 0 heterocycles. The van der Waals surface area contributed by atoms with Gasteiger partial charge in [-0.25, -0.2) is 0 Å². The Bertz CT molecular complexity index is 1070. The van der Waals surface area contributed by atoms with E-state index < -0.39 is 0 Å². The van der Waals surface area contributed by atoms with Gasteiger partial charge in [-0.3, -0.25) is 10.1 Å². The minimum Gasteiger partial charge on any atom is -0.258 e. The van der Waals surface area contributed by atoms with E-state index in [0.29, 0.717) is 0 Å². The zero-order chi connectivity index (χ0) is 19.2. The maximum Gasteiger partial charge on any atom is 0.269 e. The number of halogens is 1. The van der Waals surface area contributed by atoms with Crippen LogP contribution in [0.15, 0.2) is 77.3 Å². The highest BCUT2D eigenvalue weighted by molar-refractivity contribution is 9.10. The maximum absolute atomic E-state index is 11.0. The molecule has 0 amide bonds. The lowest BCUT2D eigenvalue weighted by Gasteiger charge is -2.25. The molecular weight excluding hydrogens is 402 g/mol. The molecule has 1 aliphatic carbocycles. The van der Waals surface area contributed by atoms with Gasteiger partial charge in [-0.15, -0.1) is 0 Å². The third kappa shape index (κ3) is 2.90. The van der Waals surface area contributed by atoms with Gasteiger partial charge in [-0.05, 0) is 57.7 Å². The van der Waals surface area contributed by atoms with Crippen molar-refractivity contribution in [2.75, 3.05) is 0 Å². The van der Waals surface area contributed by atoms with Crippen LogP contribution < -0.4 is 0 Å². The third-order valence-corrected chi connectivity index (χ3v) is 5.72. The van der Waals surface area contributed by atoms with Crippen LogP contribution in [0, 0.1) is 10.1 Å². The van der Waals surface area contributed by atoms with E-state index in [9.17, 15) is 10.1 Å². The Morgan fingerprint density at radius 1 is 0.889 bits per heavy atom. The molecule has 3 nitrogen and oxygen atoms in total. The molecular formula is C23H18BrNO2. The summed E-state index contributed by atoms with van der Waals surface area (Å²) in [6.07, 6.45) is 0. The Labute approximate surface area is 166 Å². The molecule has 1 aliphatic rings. The number of nitrogens with zero attached hydrogens (tertiary/aromatic N) is 1. The van der Waals surface area contributed by atoms with Crippen molar-refractivity contribution in [3.05, 3.63) is 110 Å². The van der Waals surface area contributed by atoms with Crippen LogP contribution in [0.4, 0.5) is 5.69 Å². The first-order valence-corrected chi connectivity index (χ1v) is 9.54. The van der Waals surface area contributed by atoms with E-state index in [1.54, 1.807) is 12.1 Å². The Morgan fingerprint density at radius 3 is 2.19 bits per heavy atom. The van der Waals surface area contributed by atoms with Crippen LogP contribution in [-0.4, -0.2) is 4.92 Å². The average Bonchev–Trinajstić information content (AvgIpc) is 2.89.